The SMILES string of the molecule is CN(CC1Cc2ccccc2CO1)C(=O)c1cc(-c2ccccc2)n[nH]1. The number of fused-ring (bicyclic) bond motifs is 1. The van der Waals surface area contributed by atoms with Gasteiger partial charge in [-0.2, -0.15) is 5.10 Å². The molecule has 0 radical (unpaired) electrons. The molecule has 1 aromatic heterocycles. The number of nitrogens with one attached hydrogen (secondary N) is 1. The summed E-state index contributed by atoms with van der Waals surface area (Å²) in [7, 11) is 1.80. The fourth-order valence-electron chi connectivity index (χ4n) is 3.31. The number of ether oxygens (including phenoxy) is 1. The zero-order valence-corrected chi connectivity index (χ0v) is 14.7. The highest BCUT2D eigenvalue weighted by Gasteiger charge is 2.23. The Morgan fingerprint density at radius 1 is 1.15 bits per heavy atom. The summed E-state index contributed by atoms with van der Waals surface area (Å²) in [5.74, 6) is -0.0814. The third-order valence-electron chi connectivity index (χ3n) is 4.74. The maximum absolute atomic E-state index is 12.7. The molecule has 1 N–H and O–H groups in total. The molecular formula is C21H21N3O2. The average molecular weight is 347 g/mol. The van der Waals surface area contributed by atoms with E-state index in [9.17, 15) is 4.79 Å². The average Bonchev–Trinajstić information content (AvgIpc) is 3.18. The van der Waals surface area contributed by atoms with Crippen LogP contribution in [0.2, 0.25) is 0 Å². The number of aromatic nitrogens is 2. The maximum Gasteiger partial charge on any atom is 0.271 e. The second-order valence-corrected chi connectivity index (χ2v) is 6.62. The van der Waals surface area contributed by atoms with Gasteiger partial charge in [0.25, 0.3) is 5.91 Å². The van der Waals surface area contributed by atoms with Crippen molar-refractivity contribution in [2.75, 3.05) is 13.6 Å². The predicted molar refractivity (Wildman–Crippen MR) is 99.7 cm³/mol. The van der Waals surface area contributed by atoms with E-state index in [1.165, 1.54) is 11.1 Å². The normalized spacial score (nSPS) is 16.1. The zero-order chi connectivity index (χ0) is 17.9. The highest BCUT2D eigenvalue weighted by molar-refractivity contribution is 5.93. The molecular weight excluding hydrogens is 326 g/mol. The van der Waals surface area contributed by atoms with E-state index < -0.39 is 0 Å². The van der Waals surface area contributed by atoms with Crippen molar-refractivity contribution >= 4 is 5.91 Å². The fourth-order valence-corrected chi connectivity index (χ4v) is 3.31. The number of carbonyl (C=O) groups excluding carboxylic acids is 1. The minimum absolute atomic E-state index is 0.00960. The number of aromatic amines is 1. The van der Waals surface area contributed by atoms with Gasteiger partial charge in [-0.15, -0.1) is 0 Å². The molecule has 0 bridgehead atoms. The maximum atomic E-state index is 12.7. The quantitative estimate of drug-likeness (QED) is 0.788. The summed E-state index contributed by atoms with van der Waals surface area (Å²) in [6.07, 6.45) is 0.835. The van der Waals surface area contributed by atoms with E-state index in [4.69, 9.17) is 4.74 Å². The van der Waals surface area contributed by atoms with Crippen LogP contribution in [0.4, 0.5) is 0 Å². The van der Waals surface area contributed by atoms with E-state index in [2.05, 4.69) is 22.3 Å². The van der Waals surface area contributed by atoms with Gasteiger partial charge < -0.3 is 9.64 Å². The molecule has 2 heterocycles. The van der Waals surface area contributed by atoms with Gasteiger partial charge in [0.2, 0.25) is 0 Å². The van der Waals surface area contributed by atoms with E-state index in [0.29, 0.717) is 18.8 Å². The first-order chi connectivity index (χ1) is 12.7. The van der Waals surface area contributed by atoms with E-state index >= 15 is 0 Å². The molecule has 1 aliphatic rings. The van der Waals surface area contributed by atoms with Crippen molar-refractivity contribution in [1.29, 1.82) is 0 Å². The highest BCUT2D eigenvalue weighted by Crippen LogP contribution is 2.21. The summed E-state index contributed by atoms with van der Waals surface area (Å²) in [6, 6.07) is 19.9. The van der Waals surface area contributed by atoms with Gasteiger partial charge in [-0.3, -0.25) is 9.89 Å². The van der Waals surface area contributed by atoms with Crippen LogP contribution in [0.1, 0.15) is 21.6 Å². The van der Waals surface area contributed by atoms with Crippen molar-refractivity contribution in [3.8, 4) is 11.3 Å². The van der Waals surface area contributed by atoms with E-state index in [-0.39, 0.29) is 12.0 Å². The van der Waals surface area contributed by atoms with Gasteiger partial charge in [0, 0.05) is 25.6 Å². The molecule has 1 unspecified atom stereocenters. The van der Waals surface area contributed by atoms with Crippen molar-refractivity contribution in [2.45, 2.75) is 19.1 Å². The topological polar surface area (TPSA) is 58.2 Å². The Morgan fingerprint density at radius 3 is 2.69 bits per heavy atom. The van der Waals surface area contributed by atoms with Crippen LogP contribution in [-0.2, 0) is 17.8 Å². The van der Waals surface area contributed by atoms with Gasteiger partial charge in [-0.1, -0.05) is 54.6 Å². The van der Waals surface area contributed by atoms with Gasteiger partial charge in [0.1, 0.15) is 5.69 Å². The number of nitrogens with zero attached hydrogens (tertiary/aromatic N) is 2. The van der Waals surface area contributed by atoms with Gasteiger partial charge in [0.15, 0.2) is 0 Å². The molecule has 5 nitrogen and oxygen atoms in total. The monoisotopic (exact) mass is 347 g/mol. The predicted octanol–water partition coefficient (Wildman–Crippen LogP) is 3.29. The van der Waals surface area contributed by atoms with E-state index in [1.54, 1.807) is 18.0 Å². The number of benzene rings is 2. The number of hydrogen-bond donors (Lipinski definition) is 1. The zero-order valence-electron chi connectivity index (χ0n) is 14.7. The lowest BCUT2D eigenvalue weighted by atomic mass is 9.99. The number of H-pyrrole nitrogens is 1. The Labute approximate surface area is 152 Å². The van der Waals surface area contributed by atoms with Crippen molar-refractivity contribution < 1.29 is 9.53 Å². The van der Waals surface area contributed by atoms with Crippen molar-refractivity contribution in [2.24, 2.45) is 0 Å². The molecule has 1 amide bonds. The molecule has 132 valence electrons. The second-order valence-electron chi connectivity index (χ2n) is 6.62. The molecule has 0 saturated carbocycles. The van der Waals surface area contributed by atoms with Crippen molar-refractivity contribution in [3.63, 3.8) is 0 Å². The minimum Gasteiger partial charge on any atom is -0.371 e. The van der Waals surface area contributed by atoms with Crippen LogP contribution in [-0.4, -0.2) is 40.7 Å². The fraction of sp³-hybridized carbons (Fsp3) is 0.238. The summed E-state index contributed by atoms with van der Waals surface area (Å²) >= 11 is 0. The Kier molecular flexibility index (Phi) is 4.54. The number of likely N-dealkylation sites (N-methyl/N-ethyl adjacent to an activating group) is 1. The standard InChI is InChI=1S/C21H21N3O2/c1-24(13-18-11-16-9-5-6-10-17(16)14-26-18)21(25)20-12-19(22-23-20)15-7-3-2-4-8-15/h2-10,12,18H,11,13-14H2,1H3,(H,22,23). The Balaban J connectivity index is 1.42. The smallest absolute Gasteiger partial charge is 0.271 e. The van der Waals surface area contributed by atoms with Gasteiger partial charge in [-0.05, 0) is 17.2 Å². The minimum atomic E-state index is -0.0814. The van der Waals surface area contributed by atoms with Crippen molar-refractivity contribution in [1.82, 2.24) is 15.1 Å². The summed E-state index contributed by atoms with van der Waals surface area (Å²) in [4.78, 5) is 14.4. The number of amides is 1. The van der Waals surface area contributed by atoms with Gasteiger partial charge in [0.05, 0.1) is 18.4 Å². The first kappa shape index (κ1) is 16.5. The number of carbonyl (C=O) groups is 1. The molecule has 1 aliphatic heterocycles. The molecule has 0 saturated heterocycles. The molecule has 0 spiro atoms. The largest absolute Gasteiger partial charge is 0.371 e. The van der Waals surface area contributed by atoms with Gasteiger partial charge in [-0.25, -0.2) is 0 Å². The summed E-state index contributed by atoms with van der Waals surface area (Å²) in [5.41, 5.74) is 4.78. The van der Waals surface area contributed by atoms with Crippen molar-refractivity contribution in [3.05, 3.63) is 77.5 Å². The lowest BCUT2D eigenvalue weighted by Crippen LogP contribution is -2.38. The summed E-state index contributed by atoms with van der Waals surface area (Å²) in [6.45, 7) is 1.15. The Hall–Kier alpha value is -2.92. The first-order valence-corrected chi connectivity index (χ1v) is 8.75. The highest BCUT2D eigenvalue weighted by atomic mass is 16.5. The van der Waals surface area contributed by atoms with Crippen LogP contribution >= 0.6 is 0 Å². The Morgan fingerprint density at radius 2 is 1.88 bits per heavy atom. The molecule has 5 heteroatoms. The Bertz CT molecular complexity index is 904. The second kappa shape index (κ2) is 7.14. The molecule has 2 aromatic carbocycles. The van der Waals surface area contributed by atoms with E-state index in [0.717, 1.165) is 17.7 Å². The molecule has 3 aromatic rings. The molecule has 4 rings (SSSR count). The van der Waals surface area contributed by atoms with Crippen LogP contribution in [0.15, 0.2) is 60.7 Å². The first-order valence-electron chi connectivity index (χ1n) is 8.75. The molecule has 0 aliphatic carbocycles. The van der Waals surface area contributed by atoms with Crippen LogP contribution in [0.5, 0.6) is 0 Å². The van der Waals surface area contributed by atoms with Gasteiger partial charge >= 0.3 is 0 Å². The summed E-state index contributed by atoms with van der Waals surface area (Å²) in [5, 5.41) is 7.12. The third-order valence-corrected chi connectivity index (χ3v) is 4.74. The lowest BCUT2D eigenvalue weighted by molar-refractivity contribution is 0.00972. The molecule has 1 atom stereocenters. The number of rotatable bonds is 4. The third kappa shape index (κ3) is 3.39. The molecule has 26 heavy (non-hydrogen) atoms. The lowest BCUT2D eigenvalue weighted by Gasteiger charge is -2.28. The van der Waals surface area contributed by atoms with Crippen LogP contribution in [0, 0.1) is 0 Å². The van der Waals surface area contributed by atoms with Crippen LogP contribution < -0.4 is 0 Å². The number of hydrogen-bond acceptors (Lipinski definition) is 3. The molecule has 0 fully saturated rings. The van der Waals surface area contributed by atoms with E-state index in [1.807, 2.05) is 42.5 Å². The summed E-state index contributed by atoms with van der Waals surface area (Å²) < 4.78 is 5.92. The van der Waals surface area contributed by atoms with Crippen LogP contribution in [0.25, 0.3) is 11.3 Å². The van der Waals surface area contributed by atoms with Crippen LogP contribution in [0.3, 0.4) is 0 Å².